The van der Waals surface area contributed by atoms with E-state index < -0.39 is 21.3 Å². The summed E-state index contributed by atoms with van der Waals surface area (Å²) in [6.07, 6.45) is 1.25. The lowest BCUT2D eigenvalue weighted by molar-refractivity contribution is 0.265. The molecule has 2 aromatic carbocycles. The van der Waals surface area contributed by atoms with Crippen LogP contribution in [0.4, 0.5) is 4.39 Å². The molecule has 0 amide bonds. The molecule has 10 nitrogen and oxygen atoms in total. The van der Waals surface area contributed by atoms with E-state index in [1.165, 1.54) is 46.8 Å². The zero-order chi connectivity index (χ0) is 23.2. The number of aromatic amines is 2. The Labute approximate surface area is 186 Å². The maximum atomic E-state index is 13.3. The maximum absolute atomic E-state index is 13.3. The van der Waals surface area contributed by atoms with Gasteiger partial charge in [-0.15, -0.1) is 0 Å². The van der Waals surface area contributed by atoms with Crippen molar-refractivity contribution < 1.29 is 17.3 Å². The minimum atomic E-state index is -3.91. The molecule has 0 aliphatic carbocycles. The van der Waals surface area contributed by atoms with Crippen LogP contribution in [0.1, 0.15) is 24.7 Å². The molecule has 4 aromatic rings. The lowest BCUT2D eigenvalue weighted by Crippen LogP contribution is -2.39. The highest BCUT2D eigenvalue weighted by atomic mass is 32.2. The van der Waals surface area contributed by atoms with Gasteiger partial charge >= 0.3 is 5.69 Å². The Balaban J connectivity index is 1.41. The molecule has 1 aliphatic heterocycles. The molecule has 5 rings (SSSR count). The number of benzene rings is 2. The molecule has 2 N–H and O–H groups in total. The summed E-state index contributed by atoms with van der Waals surface area (Å²) in [5.41, 5.74) is -0.493. The molecule has 1 aliphatic rings. The molecule has 0 radical (unpaired) electrons. The van der Waals surface area contributed by atoms with Crippen LogP contribution in [0.15, 0.2) is 61.5 Å². The van der Waals surface area contributed by atoms with Gasteiger partial charge in [0.2, 0.25) is 21.7 Å². The Bertz CT molecular complexity index is 1560. The second kappa shape index (κ2) is 8.05. The van der Waals surface area contributed by atoms with Crippen molar-refractivity contribution in [1.82, 2.24) is 24.4 Å². The Kier molecular flexibility index (Phi) is 5.17. The second-order valence-corrected chi connectivity index (χ2v) is 9.72. The lowest BCUT2D eigenvalue weighted by atomic mass is 10.00. The highest BCUT2D eigenvalue weighted by molar-refractivity contribution is 7.89. The number of piperidine rings is 1. The molecule has 3 heterocycles. The van der Waals surface area contributed by atoms with Gasteiger partial charge in [0.25, 0.3) is 5.56 Å². The van der Waals surface area contributed by atoms with Gasteiger partial charge < -0.3 is 9.51 Å². The van der Waals surface area contributed by atoms with Gasteiger partial charge in [-0.1, -0.05) is 5.16 Å². The third kappa shape index (κ3) is 3.98. The van der Waals surface area contributed by atoms with Crippen LogP contribution in [-0.4, -0.2) is 45.9 Å². The van der Waals surface area contributed by atoms with Crippen molar-refractivity contribution in [2.45, 2.75) is 23.7 Å². The Morgan fingerprint density at radius 1 is 1.09 bits per heavy atom. The monoisotopic (exact) mass is 471 g/mol. The number of sulfonamides is 1. The number of nitrogens with zero attached hydrogens (tertiary/aromatic N) is 3. The summed E-state index contributed by atoms with van der Waals surface area (Å²) >= 11 is 0. The molecule has 170 valence electrons. The first-order valence-electron chi connectivity index (χ1n) is 10.2. The Morgan fingerprint density at radius 3 is 2.67 bits per heavy atom. The molecule has 2 aromatic heterocycles. The first kappa shape index (κ1) is 21.2. The van der Waals surface area contributed by atoms with Crippen LogP contribution < -0.4 is 11.2 Å². The fraction of sp³-hybridized carbons (Fsp3) is 0.238. The van der Waals surface area contributed by atoms with Gasteiger partial charge in [0.1, 0.15) is 5.82 Å². The van der Waals surface area contributed by atoms with Crippen LogP contribution in [0.5, 0.6) is 0 Å². The number of hydrogen-bond acceptors (Lipinski definition) is 7. The van der Waals surface area contributed by atoms with E-state index in [1.54, 1.807) is 0 Å². The van der Waals surface area contributed by atoms with Gasteiger partial charge in [0, 0.05) is 18.7 Å². The average Bonchev–Trinajstić information content (AvgIpc) is 3.30. The fourth-order valence-electron chi connectivity index (χ4n) is 3.93. The van der Waals surface area contributed by atoms with Crippen molar-refractivity contribution in [2.24, 2.45) is 0 Å². The fourth-order valence-corrected chi connectivity index (χ4v) is 5.48. The lowest BCUT2D eigenvalue weighted by Gasteiger charge is -2.30. The summed E-state index contributed by atoms with van der Waals surface area (Å²) in [6.45, 7) is 0.436. The van der Waals surface area contributed by atoms with Gasteiger partial charge in [0.05, 0.1) is 21.7 Å². The van der Waals surface area contributed by atoms with Crippen LogP contribution in [0.25, 0.3) is 22.3 Å². The number of halogens is 1. The van der Waals surface area contributed by atoms with Gasteiger partial charge in [0.15, 0.2) is 0 Å². The number of aromatic nitrogens is 4. The SMILES string of the molecule is O=c1[nH]c(=O)c2cc(S(=O)(=O)N3CCCC(c4nc(-c5ccc(F)cc5)no4)C3)ccc2[nH]1. The van der Waals surface area contributed by atoms with Crippen LogP contribution in [0.3, 0.4) is 0 Å². The molecule has 1 saturated heterocycles. The molecule has 33 heavy (non-hydrogen) atoms. The van der Waals surface area contributed by atoms with E-state index in [0.717, 1.165) is 0 Å². The zero-order valence-corrected chi connectivity index (χ0v) is 17.9. The van der Waals surface area contributed by atoms with Crippen LogP contribution in [-0.2, 0) is 10.0 Å². The van der Waals surface area contributed by atoms with E-state index in [1.807, 2.05) is 0 Å². The van der Waals surface area contributed by atoms with Crippen LogP contribution in [0.2, 0.25) is 0 Å². The summed E-state index contributed by atoms with van der Waals surface area (Å²) in [7, 11) is -3.91. The normalized spacial score (nSPS) is 17.4. The largest absolute Gasteiger partial charge is 0.339 e. The highest BCUT2D eigenvalue weighted by Gasteiger charge is 2.33. The van der Waals surface area contributed by atoms with Crippen molar-refractivity contribution in [3.8, 4) is 11.4 Å². The minimum Gasteiger partial charge on any atom is -0.339 e. The van der Waals surface area contributed by atoms with Crippen LogP contribution in [0, 0.1) is 5.82 Å². The Hall–Kier alpha value is -3.64. The smallest absolute Gasteiger partial charge is 0.326 e. The molecule has 0 spiro atoms. The molecule has 0 saturated carbocycles. The van der Waals surface area contributed by atoms with E-state index >= 15 is 0 Å². The van der Waals surface area contributed by atoms with Gasteiger partial charge in [-0.05, 0) is 55.3 Å². The first-order valence-corrected chi connectivity index (χ1v) is 11.6. The van der Waals surface area contributed by atoms with E-state index in [-0.39, 0.29) is 34.1 Å². The average molecular weight is 471 g/mol. The van der Waals surface area contributed by atoms with Gasteiger partial charge in [-0.25, -0.2) is 17.6 Å². The third-order valence-corrected chi connectivity index (χ3v) is 7.49. The first-order chi connectivity index (χ1) is 15.8. The van der Waals surface area contributed by atoms with Crippen LogP contribution >= 0.6 is 0 Å². The number of rotatable bonds is 4. The molecule has 12 heteroatoms. The molecule has 1 unspecified atom stereocenters. The van der Waals surface area contributed by atoms with Crippen molar-refractivity contribution in [1.29, 1.82) is 0 Å². The molecule has 0 bridgehead atoms. The van der Waals surface area contributed by atoms with E-state index in [4.69, 9.17) is 4.52 Å². The minimum absolute atomic E-state index is 0.0503. The number of fused-ring (bicyclic) bond motifs is 1. The van der Waals surface area contributed by atoms with E-state index in [9.17, 15) is 22.4 Å². The number of nitrogens with one attached hydrogen (secondary N) is 2. The quantitative estimate of drug-likeness (QED) is 0.463. The van der Waals surface area contributed by atoms with Gasteiger partial charge in [-0.2, -0.15) is 9.29 Å². The molecular formula is C21H18FN5O5S. The number of hydrogen-bond donors (Lipinski definition) is 2. The topological polar surface area (TPSA) is 142 Å². The second-order valence-electron chi connectivity index (χ2n) is 7.78. The summed E-state index contributed by atoms with van der Waals surface area (Å²) in [4.78, 5) is 32.4. The highest BCUT2D eigenvalue weighted by Crippen LogP contribution is 2.31. The predicted octanol–water partition coefficient (Wildman–Crippen LogP) is 1.97. The summed E-state index contributed by atoms with van der Waals surface area (Å²) in [6, 6.07) is 9.67. The third-order valence-electron chi connectivity index (χ3n) is 5.63. The van der Waals surface area contributed by atoms with Gasteiger partial charge in [-0.3, -0.25) is 9.78 Å². The summed E-state index contributed by atoms with van der Waals surface area (Å²) in [5.74, 6) is -0.0810. The predicted molar refractivity (Wildman–Crippen MR) is 116 cm³/mol. The molecule has 1 fully saturated rings. The van der Waals surface area contributed by atoms with Crippen molar-refractivity contribution in [2.75, 3.05) is 13.1 Å². The van der Waals surface area contributed by atoms with Crippen molar-refractivity contribution in [3.63, 3.8) is 0 Å². The van der Waals surface area contributed by atoms with Crippen molar-refractivity contribution >= 4 is 20.9 Å². The zero-order valence-electron chi connectivity index (χ0n) is 17.1. The van der Waals surface area contributed by atoms with E-state index in [0.29, 0.717) is 36.7 Å². The standard InChI is InChI=1S/C21H18FN5O5S/c22-14-5-3-12(4-6-14)18-24-20(32-26-18)13-2-1-9-27(11-13)33(30,31)15-7-8-17-16(10-15)19(28)25-21(29)23-17/h3-8,10,13H,1-2,9,11H2,(H2,23,25,28,29). The summed E-state index contributed by atoms with van der Waals surface area (Å²) in [5, 5.41) is 4.02. The van der Waals surface area contributed by atoms with E-state index in [2.05, 4.69) is 20.1 Å². The maximum Gasteiger partial charge on any atom is 0.326 e. The molecule has 1 atom stereocenters. The Morgan fingerprint density at radius 2 is 1.88 bits per heavy atom. The molecular weight excluding hydrogens is 453 g/mol. The summed E-state index contributed by atoms with van der Waals surface area (Å²) < 4.78 is 46.4. The number of H-pyrrole nitrogens is 2. The van der Waals surface area contributed by atoms with Crippen molar-refractivity contribution in [3.05, 3.63) is 75.0 Å².